The highest BCUT2D eigenvalue weighted by Crippen LogP contribution is 2.26. The molecular weight excluding hydrogens is 450 g/mol. The molecule has 1 atom stereocenters. The second-order valence-corrected chi connectivity index (χ2v) is 9.45. The Balaban J connectivity index is 1.58. The zero-order valence-corrected chi connectivity index (χ0v) is 19.8. The van der Waals surface area contributed by atoms with E-state index in [0.717, 1.165) is 36.1 Å². The lowest BCUT2D eigenvalue weighted by atomic mass is 9.94. The fourth-order valence-electron chi connectivity index (χ4n) is 4.28. The molecule has 1 aliphatic carbocycles. The summed E-state index contributed by atoms with van der Waals surface area (Å²) in [5, 5.41) is 7.75. The standard InChI is InChI=1S/C26H29N3O4S/c30-23(17-27-25(31)22-14-7-15-33-22)29(18-21-13-8-16-34-21)24(19-9-3-1-4-10-19)26(32)28-20-11-5-2-6-12-20/h1,3-4,7-10,13-16,20,24H,2,5-6,11-12,17-18H2,(H,27,31)(H,28,32). The van der Waals surface area contributed by atoms with Gasteiger partial charge in [-0.2, -0.15) is 0 Å². The molecule has 34 heavy (non-hydrogen) atoms. The highest BCUT2D eigenvalue weighted by Gasteiger charge is 2.33. The first-order chi connectivity index (χ1) is 16.6. The number of benzene rings is 1. The second kappa shape index (κ2) is 11.7. The van der Waals surface area contributed by atoms with Crippen molar-refractivity contribution in [1.29, 1.82) is 0 Å². The molecule has 0 bridgehead atoms. The molecule has 1 aromatic carbocycles. The average Bonchev–Trinajstić information content (AvgIpc) is 3.58. The summed E-state index contributed by atoms with van der Waals surface area (Å²) in [6, 6.07) is 15.6. The lowest BCUT2D eigenvalue weighted by molar-refractivity contribution is -0.141. The van der Waals surface area contributed by atoms with Gasteiger partial charge < -0.3 is 20.0 Å². The molecule has 1 fully saturated rings. The van der Waals surface area contributed by atoms with Gasteiger partial charge in [-0.3, -0.25) is 14.4 Å². The molecular formula is C26H29N3O4S. The van der Waals surface area contributed by atoms with E-state index in [4.69, 9.17) is 4.42 Å². The topological polar surface area (TPSA) is 91.7 Å². The van der Waals surface area contributed by atoms with Crippen molar-refractivity contribution in [2.75, 3.05) is 6.54 Å². The maximum absolute atomic E-state index is 13.6. The molecule has 8 heteroatoms. The second-order valence-electron chi connectivity index (χ2n) is 8.42. The number of carbonyl (C=O) groups excluding carboxylic acids is 3. The average molecular weight is 480 g/mol. The van der Waals surface area contributed by atoms with Crippen molar-refractivity contribution in [2.24, 2.45) is 0 Å². The predicted octanol–water partition coefficient (Wildman–Crippen LogP) is 4.29. The Morgan fingerprint density at radius 2 is 1.79 bits per heavy atom. The molecule has 2 aromatic heterocycles. The third-order valence-corrected chi connectivity index (χ3v) is 6.86. The van der Waals surface area contributed by atoms with E-state index in [1.54, 1.807) is 11.0 Å². The van der Waals surface area contributed by atoms with Gasteiger partial charge in [0, 0.05) is 10.9 Å². The summed E-state index contributed by atoms with van der Waals surface area (Å²) >= 11 is 1.52. The number of amides is 3. The van der Waals surface area contributed by atoms with Gasteiger partial charge in [0.1, 0.15) is 6.04 Å². The first-order valence-corrected chi connectivity index (χ1v) is 12.5. The van der Waals surface area contributed by atoms with Crippen LogP contribution in [0.1, 0.15) is 59.1 Å². The summed E-state index contributed by atoms with van der Waals surface area (Å²) in [6.07, 6.45) is 6.68. The van der Waals surface area contributed by atoms with Crippen molar-refractivity contribution in [1.82, 2.24) is 15.5 Å². The minimum Gasteiger partial charge on any atom is -0.459 e. The number of furan rings is 1. The summed E-state index contributed by atoms with van der Waals surface area (Å²) < 4.78 is 5.11. The first kappa shape index (κ1) is 23.8. The monoisotopic (exact) mass is 479 g/mol. The Morgan fingerprint density at radius 1 is 1.00 bits per heavy atom. The number of hydrogen-bond donors (Lipinski definition) is 2. The fourth-order valence-corrected chi connectivity index (χ4v) is 4.98. The Bertz CT molecular complexity index is 1060. The van der Waals surface area contributed by atoms with Crippen molar-refractivity contribution >= 4 is 29.1 Å². The highest BCUT2D eigenvalue weighted by atomic mass is 32.1. The van der Waals surface area contributed by atoms with E-state index in [9.17, 15) is 14.4 Å². The van der Waals surface area contributed by atoms with Crippen LogP contribution in [0.3, 0.4) is 0 Å². The van der Waals surface area contributed by atoms with Crippen molar-refractivity contribution in [3.8, 4) is 0 Å². The van der Waals surface area contributed by atoms with Crippen molar-refractivity contribution < 1.29 is 18.8 Å². The molecule has 3 amide bonds. The largest absolute Gasteiger partial charge is 0.459 e. The molecule has 0 saturated heterocycles. The molecule has 0 spiro atoms. The number of rotatable bonds is 9. The van der Waals surface area contributed by atoms with Gasteiger partial charge in [0.15, 0.2) is 5.76 Å². The lowest BCUT2D eigenvalue weighted by Crippen LogP contribution is -2.49. The third-order valence-electron chi connectivity index (χ3n) is 6.00. The molecule has 0 aliphatic heterocycles. The number of hydrogen-bond acceptors (Lipinski definition) is 5. The molecule has 2 N–H and O–H groups in total. The van der Waals surface area contributed by atoms with Crippen LogP contribution in [0, 0.1) is 0 Å². The molecule has 1 saturated carbocycles. The number of nitrogens with zero attached hydrogens (tertiary/aromatic N) is 1. The lowest BCUT2D eigenvalue weighted by Gasteiger charge is -2.33. The van der Waals surface area contributed by atoms with Crippen LogP contribution in [0.15, 0.2) is 70.7 Å². The molecule has 2 heterocycles. The van der Waals surface area contributed by atoms with Gasteiger partial charge in [0.2, 0.25) is 11.8 Å². The van der Waals surface area contributed by atoms with Crippen molar-refractivity contribution in [3.05, 3.63) is 82.4 Å². The van der Waals surface area contributed by atoms with Crippen LogP contribution >= 0.6 is 11.3 Å². The Kier molecular flexibility index (Phi) is 8.14. The number of nitrogens with one attached hydrogen (secondary N) is 2. The van der Waals surface area contributed by atoms with Gasteiger partial charge in [-0.25, -0.2) is 0 Å². The molecule has 3 aromatic rings. The molecule has 7 nitrogen and oxygen atoms in total. The van der Waals surface area contributed by atoms with Crippen LogP contribution in [-0.2, 0) is 16.1 Å². The fraction of sp³-hybridized carbons (Fsp3) is 0.346. The predicted molar refractivity (Wildman–Crippen MR) is 130 cm³/mol. The number of thiophene rings is 1. The van der Waals surface area contributed by atoms with Gasteiger partial charge in [0.05, 0.1) is 19.4 Å². The van der Waals surface area contributed by atoms with Gasteiger partial charge in [-0.15, -0.1) is 11.3 Å². The summed E-state index contributed by atoms with van der Waals surface area (Å²) in [7, 11) is 0. The maximum Gasteiger partial charge on any atom is 0.287 e. The van der Waals surface area contributed by atoms with E-state index in [0.29, 0.717) is 0 Å². The molecule has 178 valence electrons. The summed E-state index contributed by atoms with van der Waals surface area (Å²) in [5.74, 6) is -0.883. The van der Waals surface area contributed by atoms with Gasteiger partial charge in [0.25, 0.3) is 5.91 Å². The van der Waals surface area contributed by atoms with E-state index < -0.39 is 11.9 Å². The van der Waals surface area contributed by atoms with E-state index >= 15 is 0 Å². The van der Waals surface area contributed by atoms with Crippen LogP contribution < -0.4 is 10.6 Å². The summed E-state index contributed by atoms with van der Waals surface area (Å²) in [4.78, 5) is 41.9. The molecule has 1 aliphatic rings. The molecule has 4 rings (SSSR count). The zero-order valence-electron chi connectivity index (χ0n) is 18.9. The quantitative estimate of drug-likeness (QED) is 0.479. The summed E-state index contributed by atoms with van der Waals surface area (Å²) in [5.41, 5.74) is 0.734. The molecule has 1 unspecified atom stereocenters. The minimum atomic E-state index is -0.807. The van der Waals surface area contributed by atoms with E-state index in [-0.39, 0.29) is 36.7 Å². The van der Waals surface area contributed by atoms with Gasteiger partial charge >= 0.3 is 0 Å². The SMILES string of the molecule is O=C(NCC(=O)N(Cc1cccs1)C(C(=O)NC1CCCCC1)c1ccccc1)c1ccco1. The Hall–Kier alpha value is -3.39. The minimum absolute atomic E-state index is 0.116. The smallest absolute Gasteiger partial charge is 0.287 e. The highest BCUT2D eigenvalue weighted by molar-refractivity contribution is 7.09. The van der Waals surface area contributed by atoms with Crippen LogP contribution in [0.2, 0.25) is 0 Å². The summed E-state index contributed by atoms with van der Waals surface area (Å²) in [6.45, 7) is 0.0235. The van der Waals surface area contributed by atoms with E-state index in [1.165, 1.54) is 30.1 Å². The zero-order chi connectivity index (χ0) is 23.8. The van der Waals surface area contributed by atoms with Crippen LogP contribution in [0.5, 0.6) is 0 Å². The van der Waals surface area contributed by atoms with Crippen LogP contribution in [0.4, 0.5) is 0 Å². The number of carbonyl (C=O) groups is 3. The third kappa shape index (κ3) is 6.14. The van der Waals surface area contributed by atoms with Crippen LogP contribution in [-0.4, -0.2) is 35.2 Å². The van der Waals surface area contributed by atoms with Crippen LogP contribution in [0.25, 0.3) is 0 Å². The van der Waals surface area contributed by atoms with E-state index in [1.807, 2.05) is 47.8 Å². The normalized spacial score (nSPS) is 14.8. The Morgan fingerprint density at radius 3 is 2.47 bits per heavy atom. The van der Waals surface area contributed by atoms with Crippen molar-refractivity contribution in [2.45, 2.75) is 50.7 Å². The maximum atomic E-state index is 13.6. The Labute approximate surface area is 203 Å². The van der Waals surface area contributed by atoms with Crippen molar-refractivity contribution in [3.63, 3.8) is 0 Å². The van der Waals surface area contributed by atoms with Gasteiger partial charge in [-0.05, 0) is 42.0 Å². The van der Waals surface area contributed by atoms with E-state index in [2.05, 4.69) is 10.6 Å². The van der Waals surface area contributed by atoms with Gasteiger partial charge in [-0.1, -0.05) is 55.7 Å². The molecule has 0 radical (unpaired) electrons. The first-order valence-electron chi connectivity index (χ1n) is 11.6.